The predicted molar refractivity (Wildman–Crippen MR) is 107 cm³/mol. The summed E-state index contributed by atoms with van der Waals surface area (Å²) >= 11 is 0. The van der Waals surface area contributed by atoms with E-state index in [9.17, 15) is 4.79 Å². The van der Waals surface area contributed by atoms with E-state index in [4.69, 9.17) is 0 Å². The van der Waals surface area contributed by atoms with Gasteiger partial charge in [-0.05, 0) is 41.2 Å². The minimum Gasteiger partial charge on any atom is -0.295 e. The molecule has 0 fully saturated rings. The number of carbonyl (C=O) groups is 1. The molecule has 0 unspecified atom stereocenters. The van der Waals surface area contributed by atoms with Gasteiger partial charge in [-0.15, -0.1) is 0 Å². The van der Waals surface area contributed by atoms with Crippen molar-refractivity contribution in [3.8, 4) is 0 Å². The van der Waals surface area contributed by atoms with Crippen LogP contribution >= 0.6 is 0 Å². The Hall–Kier alpha value is -2.93. The molecule has 0 heterocycles. The van der Waals surface area contributed by atoms with Crippen molar-refractivity contribution in [2.45, 2.75) is 25.2 Å². The molecule has 1 aliphatic rings. The van der Waals surface area contributed by atoms with Crippen LogP contribution in [0.2, 0.25) is 0 Å². The van der Waals surface area contributed by atoms with E-state index in [1.807, 2.05) is 37.3 Å². The standard InChI is InChI=1S/C25H22O/c1-19-23(20-11-5-2-6-12-20)17-25(18-24(19)26,21-13-7-3-8-14-21)22-15-9-4-10-16-22/h2-16H,17-18H2,1H3. The Morgan fingerprint density at radius 1 is 0.654 bits per heavy atom. The van der Waals surface area contributed by atoms with Crippen LogP contribution < -0.4 is 0 Å². The summed E-state index contributed by atoms with van der Waals surface area (Å²) in [7, 11) is 0. The van der Waals surface area contributed by atoms with E-state index in [-0.39, 0.29) is 11.2 Å². The summed E-state index contributed by atoms with van der Waals surface area (Å²) < 4.78 is 0. The maximum atomic E-state index is 13.1. The van der Waals surface area contributed by atoms with Gasteiger partial charge in [0.1, 0.15) is 0 Å². The lowest BCUT2D eigenvalue weighted by Crippen LogP contribution is -2.35. The van der Waals surface area contributed by atoms with Gasteiger partial charge in [-0.25, -0.2) is 0 Å². The first-order valence-corrected chi connectivity index (χ1v) is 9.10. The fourth-order valence-corrected chi connectivity index (χ4v) is 4.12. The SMILES string of the molecule is CC1=C(c2ccccc2)CC(c2ccccc2)(c2ccccc2)CC1=O. The fraction of sp³-hybridized carbons (Fsp3) is 0.160. The van der Waals surface area contributed by atoms with Crippen LogP contribution in [0.3, 0.4) is 0 Å². The van der Waals surface area contributed by atoms with Crippen LogP contribution in [0.15, 0.2) is 96.6 Å². The van der Waals surface area contributed by atoms with Crippen LogP contribution in [-0.4, -0.2) is 5.78 Å². The molecule has 0 spiro atoms. The number of hydrogen-bond acceptors (Lipinski definition) is 1. The number of ketones is 1. The highest BCUT2D eigenvalue weighted by atomic mass is 16.1. The van der Waals surface area contributed by atoms with Gasteiger partial charge in [-0.1, -0.05) is 91.0 Å². The van der Waals surface area contributed by atoms with Crippen molar-refractivity contribution in [1.29, 1.82) is 0 Å². The van der Waals surface area contributed by atoms with Crippen molar-refractivity contribution in [3.05, 3.63) is 113 Å². The Balaban J connectivity index is 1.93. The van der Waals surface area contributed by atoms with Gasteiger partial charge >= 0.3 is 0 Å². The molecule has 0 atom stereocenters. The smallest absolute Gasteiger partial charge is 0.160 e. The van der Waals surface area contributed by atoms with Crippen molar-refractivity contribution in [2.24, 2.45) is 0 Å². The molecule has 0 aromatic heterocycles. The molecule has 4 rings (SSSR count). The Morgan fingerprint density at radius 2 is 1.12 bits per heavy atom. The minimum atomic E-state index is -0.315. The number of Topliss-reactive ketones (excluding diaryl/α,β-unsaturated/α-hetero) is 1. The quantitative estimate of drug-likeness (QED) is 0.589. The Morgan fingerprint density at radius 3 is 1.62 bits per heavy atom. The third kappa shape index (κ3) is 2.80. The first kappa shape index (κ1) is 16.5. The summed E-state index contributed by atoms with van der Waals surface area (Å²) in [5.41, 5.74) is 5.31. The zero-order valence-corrected chi connectivity index (χ0v) is 15.0. The lowest BCUT2D eigenvalue weighted by atomic mass is 9.62. The number of benzene rings is 3. The van der Waals surface area contributed by atoms with Crippen LogP contribution in [0, 0.1) is 0 Å². The van der Waals surface area contributed by atoms with E-state index in [2.05, 4.69) is 60.7 Å². The minimum absolute atomic E-state index is 0.239. The number of carbonyl (C=O) groups excluding carboxylic acids is 1. The van der Waals surface area contributed by atoms with Crippen molar-refractivity contribution >= 4 is 11.4 Å². The third-order valence-electron chi connectivity index (χ3n) is 5.59. The molecule has 0 amide bonds. The molecule has 0 N–H and O–H groups in total. The molecular weight excluding hydrogens is 316 g/mol. The zero-order valence-electron chi connectivity index (χ0n) is 15.0. The summed E-state index contributed by atoms with van der Waals surface area (Å²) in [5.74, 6) is 0.239. The number of allylic oxidation sites excluding steroid dienone is 2. The highest BCUT2D eigenvalue weighted by Gasteiger charge is 2.41. The molecule has 1 nitrogen and oxygen atoms in total. The van der Waals surface area contributed by atoms with Crippen LogP contribution in [0.1, 0.15) is 36.5 Å². The topological polar surface area (TPSA) is 17.1 Å². The summed E-state index contributed by atoms with van der Waals surface area (Å²) in [4.78, 5) is 13.1. The van der Waals surface area contributed by atoms with Gasteiger partial charge in [0.25, 0.3) is 0 Å². The second-order valence-corrected chi connectivity index (χ2v) is 7.06. The highest BCUT2D eigenvalue weighted by Crippen LogP contribution is 2.48. The largest absolute Gasteiger partial charge is 0.295 e. The Kier molecular flexibility index (Phi) is 4.30. The van der Waals surface area contributed by atoms with E-state index < -0.39 is 0 Å². The molecular formula is C25H22O. The molecule has 1 heteroatoms. The van der Waals surface area contributed by atoms with Crippen molar-refractivity contribution in [3.63, 3.8) is 0 Å². The zero-order chi connectivity index (χ0) is 18.0. The second-order valence-electron chi connectivity index (χ2n) is 7.06. The molecule has 0 radical (unpaired) electrons. The molecule has 0 saturated heterocycles. The summed E-state index contributed by atoms with van der Waals surface area (Å²) in [6.07, 6.45) is 1.35. The monoisotopic (exact) mass is 338 g/mol. The summed E-state index contributed by atoms with van der Waals surface area (Å²) in [6, 6.07) is 31.3. The van der Waals surface area contributed by atoms with E-state index in [0.29, 0.717) is 6.42 Å². The van der Waals surface area contributed by atoms with Gasteiger partial charge in [-0.3, -0.25) is 4.79 Å². The Bertz CT molecular complexity index is 898. The van der Waals surface area contributed by atoms with Gasteiger partial charge in [0, 0.05) is 11.8 Å². The second kappa shape index (κ2) is 6.76. The van der Waals surface area contributed by atoms with Crippen molar-refractivity contribution in [1.82, 2.24) is 0 Å². The molecule has 3 aromatic carbocycles. The van der Waals surface area contributed by atoms with E-state index >= 15 is 0 Å². The number of hydrogen-bond donors (Lipinski definition) is 0. The number of rotatable bonds is 3. The maximum Gasteiger partial charge on any atom is 0.160 e. The van der Waals surface area contributed by atoms with Gasteiger partial charge in [-0.2, -0.15) is 0 Å². The van der Waals surface area contributed by atoms with Gasteiger partial charge in [0.05, 0.1) is 0 Å². The lowest BCUT2D eigenvalue weighted by Gasteiger charge is -2.39. The van der Waals surface area contributed by atoms with Gasteiger partial charge in [0.2, 0.25) is 0 Å². The van der Waals surface area contributed by atoms with Crippen LogP contribution in [-0.2, 0) is 10.2 Å². The van der Waals surface area contributed by atoms with E-state index in [1.54, 1.807) is 0 Å². The highest BCUT2D eigenvalue weighted by molar-refractivity contribution is 6.05. The van der Waals surface area contributed by atoms with Crippen molar-refractivity contribution in [2.75, 3.05) is 0 Å². The van der Waals surface area contributed by atoms with Crippen LogP contribution in [0.4, 0.5) is 0 Å². The fourth-order valence-electron chi connectivity index (χ4n) is 4.12. The van der Waals surface area contributed by atoms with Crippen LogP contribution in [0.25, 0.3) is 5.57 Å². The summed E-state index contributed by atoms with van der Waals surface area (Å²) in [5, 5.41) is 0. The normalized spacial score (nSPS) is 16.6. The maximum absolute atomic E-state index is 13.1. The average Bonchev–Trinajstić information content (AvgIpc) is 2.72. The van der Waals surface area contributed by atoms with Gasteiger partial charge in [0.15, 0.2) is 5.78 Å². The molecule has 26 heavy (non-hydrogen) atoms. The molecule has 3 aromatic rings. The third-order valence-corrected chi connectivity index (χ3v) is 5.59. The Labute approximate surface area is 155 Å². The first-order valence-electron chi connectivity index (χ1n) is 9.10. The molecule has 0 aliphatic heterocycles. The van der Waals surface area contributed by atoms with Gasteiger partial charge < -0.3 is 0 Å². The average molecular weight is 338 g/mol. The van der Waals surface area contributed by atoms with E-state index in [0.717, 1.165) is 23.1 Å². The first-order chi connectivity index (χ1) is 12.7. The predicted octanol–water partition coefficient (Wildman–Crippen LogP) is 5.81. The van der Waals surface area contributed by atoms with Crippen molar-refractivity contribution < 1.29 is 4.79 Å². The molecule has 1 aliphatic carbocycles. The van der Waals surface area contributed by atoms with E-state index in [1.165, 1.54) is 11.1 Å². The molecule has 0 bridgehead atoms. The van der Waals surface area contributed by atoms with Crippen LogP contribution in [0.5, 0.6) is 0 Å². The molecule has 0 saturated carbocycles. The lowest BCUT2D eigenvalue weighted by molar-refractivity contribution is -0.116. The molecule has 128 valence electrons. The summed E-state index contributed by atoms with van der Waals surface area (Å²) in [6.45, 7) is 1.98.